The number of thiazole rings is 2. The third kappa shape index (κ3) is 7.18. The number of anilines is 2. The summed E-state index contributed by atoms with van der Waals surface area (Å²) in [6, 6.07) is 0. The fourth-order valence-electron chi connectivity index (χ4n) is 1.94. The first-order valence-corrected chi connectivity index (χ1v) is 9.16. The number of aromatic nitrogens is 2. The van der Waals surface area contributed by atoms with Crippen molar-refractivity contribution in [1.29, 1.82) is 0 Å². The predicted molar refractivity (Wildman–Crippen MR) is 101 cm³/mol. The molecule has 0 aliphatic carbocycles. The van der Waals surface area contributed by atoms with Crippen LogP contribution in [0, 0.1) is 13.8 Å². The fraction of sp³-hybridized carbons (Fsp3) is 0.500. The van der Waals surface area contributed by atoms with Crippen LogP contribution in [0.2, 0.25) is 0 Å². The quantitative estimate of drug-likeness (QED) is 0.330. The maximum absolute atomic E-state index is 10.4. The topological polar surface area (TPSA) is 66.4 Å². The Morgan fingerprint density at radius 1 is 0.767 bits per heavy atom. The monoisotopic (exact) mass is 1970 g/mol. The molecule has 0 fully saturated rings. The summed E-state index contributed by atoms with van der Waals surface area (Å²) in [5.41, 5.74) is 1.88. The molecule has 144 valence electrons. The van der Waals surface area contributed by atoms with Crippen molar-refractivity contribution in [3.05, 3.63) is 21.4 Å². The van der Waals surface area contributed by atoms with E-state index in [1.807, 2.05) is 40.5 Å². The zero-order valence-corrected chi connectivity index (χ0v) is 59.1. The van der Waals surface area contributed by atoms with Gasteiger partial charge in [0, 0.05) is 0 Å². The molecule has 2 aromatic rings. The van der Waals surface area contributed by atoms with Crippen molar-refractivity contribution in [3.8, 4) is 0 Å². The van der Waals surface area contributed by atoms with Gasteiger partial charge in [-0.1, -0.05) is 13.8 Å². The molecule has 0 aromatic carbocycles. The molecular formula is C16H22N4O2Rf6S2-2. The first-order valence-electron chi connectivity index (χ1n) is 7.53. The van der Waals surface area contributed by atoms with Crippen LogP contribution in [0.5, 0.6) is 0 Å². The minimum atomic E-state index is 0. The summed E-state index contributed by atoms with van der Waals surface area (Å²) >= 11 is 3.07. The molecular weight excluding hydrogens is 1950 g/mol. The molecule has 2 heterocycles. The molecule has 0 aliphatic heterocycles. The number of hydrogen-bond donors (Lipinski definition) is 0. The van der Waals surface area contributed by atoms with Gasteiger partial charge in [-0.05, 0) is 62.2 Å². The van der Waals surface area contributed by atoms with Crippen LogP contribution in [-0.2, 0) is 22.4 Å². The molecule has 6 nitrogen and oxygen atoms in total. The van der Waals surface area contributed by atoms with Crippen LogP contribution >= 0.6 is 22.7 Å². The standard InChI is InChI=1S/2C8H11N2OS.6Rf/c1-4-7-8(10(3)5-11)12-6(2)9-7;1-4-7-9-6(2)8(12-7)10(3)5-11;;;;;;/h2*4H2,1-3H3;;;;;;/q2*-1;;;;;;. The number of amides is 2. The van der Waals surface area contributed by atoms with E-state index in [4.69, 9.17) is 0 Å². The zero-order valence-electron chi connectivity index (χ0n) is 19.1. The Balaban J connectivity index is -0.0000000800. The summed E-state index contributed by atoms with van der Waals surface area (Å²) in [5.74, 6) is 0. The second-order valence-corrected chi connectivity index (χ2v) is 7.23. The normalized spacial score (nSPS) is 7.93. The van der Waals surface area contributed by atoms with Crippen molar-refractivity contribution in [1.82, 2.24) is 9.97 Å². The summed E-state index contributed by atoms with van der Waals surface area (Å²) in [6.45, 7) is 7.91. The van der Waals surface area contributed by atoms with Crippen molar-refractivity contribution >= 4 is 45.5 Å². The van der Waals surface area contributed by atoms with E-state index in [0.717, 1.165) is 44.2 Å². The van der Waals surface area contributed by atoms with Gasteiger partial charge in [0.2, 0.25) is 0 Å². The van der Waals surface area contributed by atoms with Crippen molar-refractivity contribution in [2.75, 3.05) is 23.9 Å². The average molecular weight is 1970 g/mol. The van der Waals surface area contributed by atoms with E-state index in [1.165, 1.54) is 21.1 Å². The van der Waals surface area contributed by atoms with Gasteiger partial charge in [-0.2, -0.15) is 0 Å². The first kappa shape index (κ1) is 38.0. The van der Waals surface area contributed by atoms with Crippen molar-refractivity contribution in [2.24, 2.45) is 0 Å². The summed E-state index contributed by atoms with van der Waals surface area (Å²) in [6.07, 6.45) is 5.40. The molecule has 0 spiro atoms. The summed E-state index contributed by atoms with van der Waals surface area (Å²) < 4.78 is 0. The van der Waals surface area contributed by atoms with E-state index < -0.39 is 0 Å². The van der Waals surface area contributed by atoms with Crippen LogP contribution in [-0.4, -0.2) is 36.9 Å². The van der Waals surface area contributed by atoms with Crippen molar-refractivity contribution < 1.29 is 9.59 Å². The van der Waals surface area contributed by atoms with Gasteiger partial charge >= 0.3 is 0 Å². The van der Waals surface area contributed by atoms with Crippen LogP contribution in [0.25, 0.3) is 0 Å². The van der Waals surface area contributed by atoms with Crippen LogP contribution in [0.1, 0.15) is 35.3 Å². The molecule has 0 bridgehead atoms. The van der Waals surface area contributed by atoms with Crippen molar-refractivity contribution in [2.45, 2.75) is 40.5 Å². The molecule has 2 amide bonds. The van der Waals surface area contributed by atoms with E-state index in [1.54, 1.807) is 25.4 Å². The van der Waals surface area contributed by atoms with E-state index >= 15 is 0 Å². The number of hydrogen-bond acceptors (Lipinski definition) is 6. The summed E-state index contributed by atoms with van der Waals surface area (Å²) in [5, 5.41) is 3.85. The largest absolute Gasteiger partial charge is 0.470 e. The fourth-order valence-corrected chi connectivity index (χ4v) is 3.78. The van der Waals surface area contributed by atoms with E-state index in [-0.39, 0.29) is 0 Å². The van der Waals surface area contributed by atoms with Crippen LogP contribution in [0.3, 0.4) is 0 Å². The van der Waals surface area contributed by atoms with E-state index in [2.05, 4.69) is 9.97 Å². The Bertz CT molecular complexity index is 703. The number of carbonyl (C=O) groups excluding carboxylic acids is 2. The van der Waals surface area contributed by atoms with Crippen LogP contribution < -0.4 is 9.80 Å². The third-order valence-electron chi connectivity index (χ3n) is 3.12. The minimum Gasteiger partial charge on any atom is -0.470 e. The second-order valence-electron chi connectivity index (χ2n) is 4.99. The molecule has 0 atom stereocenters. The minimum absolute atomic E-state index is 0. The van der Waals surface area contributed by atoms with Gasteiger partial charge in [-0.3, -0.25) is 9.97 Å². The van der Waals surface area contributed by atoms with Gasteiger partial charge in [0.15, 0.2) is 0 Å². The maximum atomic E-state index is 10.4. The number of aryl methyl sites for hydroxylation is 4. The second kappa shape index (κ2) is 14.8. The summed E-state index contributed by atoms with van der Waals surface area (Å²) in [7, 11) is 3.38. The molecule has 0 aliphatic rings. The molecule has 0 radical (unpaired) electrons. The molecule has 0 saturated carbocycles. The SMILES string of the molecule is CCc1nc(C)c(N(C)[C-]=O)s1.CCc1nc(C)sc1N(C)[C-]=O.[Rf].[Rf].[Rf].[Rf].[Rf].[Rf]. The zero-order chi connectivity index (χ0) is 18.3. The van der Waals surface area contributed by atoms with Gasteiger partial charge in [-0.15, -0.1) is 0 Å². The molecule has 14 heteroatoms. The van der Waals surface area contributed by atoms with Crippen LogP contribution in [0.4, 0.5) is 10.0 Å². The Morgan fingerprint density at radius 3 is 1.60 bits per heavy atom. The van der Waals surface area contributed by atoms with E-state index in [9.17, 15) is 9.59 Å². The Hall–Kier alpha value is -7.80. The van der Waals surface area contributed by atoms with Gasteiger partial charge in [0.25, 0.3) is 0 Å². The Morgan fingerprint density at radius 2 is 1.23 bits per heavy atom. The van der Waals surface area contributed by atoms with E-state index in [0.29, 0.717) is 0 Å². The van der Waals surface area contributed by atoms with Gasteiger partial charge in [0.1, 0.15) is 0 Å². The van der Waals surface area contributed by atoms with Gasteiger partial charge < -0.3 is 19.4 Å². The molecule has 0 saturated heterocycles. The predicted octanol–water partition coefficient (Wildman–Crippen LogP) is 3.03. The molecule has 2 rings (SSSR count). The number of rotatable bonds is 6. The van der Waals surface area contributed by atoms with Gasteiger partial charge in [0.05, 0.1) is 22.8 Å². The average Bonchev–Trinajstić information content (AvgIpc) is 3.16. The van der Waals surface area contributed by atoms with Gasteiger partial charge in [-0.25, -0.2) is 22.7 Å². The molecule has 30 heavy (non-hydrogen) atoms. The first-order chi connectivity index (χ1) is 11.4. The molecule has 0 unspecified atom stereocenters. The van der Waals surface area contributed by atoms with Crippen molar-refractivity contribution in [3.63, 3.8) is 0 Å². The smallest absolute Gasteiger partial charge is 0.0750 e. The number of nitrogens with zero attached hydrogens (tertiary/aromatic N) is 4. The maximum Gasteiger partial charge on any atom is 0.0750 e. The summed E-state index contributed by atoms with van der Waals surface area (Å²) in [4.78, 5) is 32.2. The Labute approximate surface area is 151 Å². The molecule has 0 N–H and O–H groups in total. The molecule has 2 aromatic heterocycles. The Kier molecular flexibility index (Phi) is 18.7. The third-order valence-corrected chi connectivity index (χ3v) is 5.59. The van der Waals surface area contributed by atoms with Crippen LogP contribution in [0.15, 0.2) is 0 Å².